The highest BCUT2D eigenvalue weighted by molar-refractivity contribution is 5.82. The summed E-state index contributed by atoms with van der Waals surface area (Å²) in [7, 11) is 0. The van der Waals surface area contributed by atoms with Crippen LogP contribution in [0.2, 0.25) is 0 Å². The van der Waals surface area contributed by atoms with E-state index in [0.717, 1.165) is 16.5 Å². The van der Waals surface area contributed by atoms with Crippen molar-refractivity contribution >= 4 is 16.9 Å². The van der Waals surface area contributed by atoms with Crippen molar-refractivity contribution in [1.82, 2.24) is 4.98 Å². The van der Waals surface area contributed by atoms with E-state index in [0.29, 0.717) is 6.42 Å². The Hall–Kier alpha value is -1.94. The molecule has 4 nitrogen and oxygen atoms in total. The number of hydrogen-bond donors (Lipinski definition) is 2. The number of aliphatic carboxylic acids is 1. The highest BCUT2D eigenvalue weighted by atomic mass is 16.4. The quantitative estimate of drug-likeness (QED) is 0.808. The third-order valence-corrected chi connectivity index (χ3v) is 2.47. The molecule has 0 aliphatic heterocycles. The number of rotatable bonds is 3. The predicted molar refractivity (Wildman–Crippen MR) is 61.1 cm³/mol. The SMILES string of the molecule is NC(Cc1cccc2cccnc12)C(=O)O. The van der Waals surface area contributed by atoms with Crippen molar-refractivity contribution in [3.63, 3.8) is 0 Å². The normalized spacial score (nSPS) is 12.6. The van der Waals surface area contributed by atoms with Crippen molar-refractivity contribution < 1.29 is 9.90 Å². The Kier molecular flexibility index (Phi) is 2.83. The number of aromatic nitrogens is 1. The third kappa shape index (κ3) is 2.01. The van der Waals surface area contributed by atoms with Gasteiger partial charge < -0.3 is 10.8 Å². The molecule has 1 heterocycles. The highest BCUT2D eigenvalue weighted by Gasteiger charge is 2.13. The molecule has 0 aliphatic carbocycles. The second-order valence-electron chi connectivity index (χ2n) is 3.64. The van der Waals surface area contributed by atoms with Gasteiger partial charge in [0.25, 0.3) is 0 Å². The minimum Gasteiger partial charge on any atom is -0.480 e. The average molecular weight is 216 g/mol. The Labute approximate surface area is 92.7 Å². The van der Waals surface area contributed by atoms with Gasteiger partial charge in [0.2, 0.25) is 0 Å². The van der Waals surface area contributed by atoms with Crippen LogP contribution in [-0.2, 0) is 11.2 Å². The molecule has 0 aliphatic rings. The Balaban J connectivity index is 2.41. The van der Waals surface area contributed by atoms with Gasteiger partial charge in [0.1, 0.15) is 6.04 Å². The molecular formula is C12H12N2O2. The first-order valence-electron chi connectivity index (χ1n) is 4.99. The molecule has 16 heavy (non-hydrogen) atoms. The Morgan fingerprint density at radius 1 is 1.38 bits per heavy atom. The van der Waals surface area contributed by atoms with Crippen molar-refractivity contribution in [1.29, 1.82) is 0 Å². The molecule has 0 amide bonds. The fraction of sp³-hybridized carbons (Fsp3) is 0.167. The summed E-state index contributed by atoms with van der Waals surface area (Å²) in [4.78, 5) is 14.9. The van der Waals surface area contributed by atoms with Gasteiger partial charge >= 0.3 is 5.97 Å². The number of pyridine rings is 1. The van der Waals surface area contributed by atoms with E-state index in [1.54, 1.807) is 6.20 Å². The Morgan fingerprint density at radius 2 is 2.12 bits per heavy atom. The van der Waals surface area contributed by atoms with Gasteiger partial charge in [-0.2, -0.15) is 0 Å². The van der Waals surface area contributed by atoms with E-state index in [2.05, 4.69) is 4.98 Å². The molecule has 0 bridgehead atoms. The molecule has 0 radical (unpaired) electrons. The lowest BCUT2D eigenvalue weighted by Gasteiger charge is -2.08. The van der Waals surface area contributed by atoms with Crippen LogP contribution in [-0.4, -0.2) is 22.1 Å². The minimum absolute atomic E-state index is 0.295. The molecule has 0 saturated heterocycles. The zero-order valence-electron chi connectivity index (χ0n) is 8.63. The fourth-order valence-corrected chi connectivity index (χ4v) is 1.66. The van der Waals surface area contributed by atoms with Gasteiger partial charge in [0, 0.05) is 18.0 Å². The molecule has 1 aromatic carbocycles. The predicted octanol–water partition coefficient (Wildman–Crippen LogP) is 1.19. The number of benzene rings is 1. The maximum absolute atomic E-state index is 10.7. The summed E-state index contributed by atoms with van der Waals surface area (Å²) in [5, 5.41) is 9.77. The second kappa shape index (κ2) is 4.28. The molecular weight excluding hydrogens is 204 g/mol. The van der Waals surface area contributed by atoms with Gasteiger partial charge in [0.15, 0.2) is 0 Å². The van der Waals surface area contributed by atoms with Crippen molar-refractivity contribution in [3.05, 3.63) is 42.1 Å². The fourth-order valence-electron chi connectivity index (χ4n) is 1.66. The first-order chi connectivity index (χ1) is 7.68. The highest BCUT2D eigenvalue weighted by Crippen LogP contribution is 2.16. The average Bonchev–Trinajstić information content (AvgIpc) is 2.29. The van der Waals surface area contributed by atoms with Gasteiger partial charge in [-0.1, -0.05) is 24.3 Å². The summed E-state index contributed by atoms with van der Waals surface area (Å²) in [6.07, 6.45) is 1.99. The van der Waals surface area contributed by atoms with E-state index < -0.39 is 12.0 Å². The maximum atomic E-state index is 10.7. The topological polar surface area (TPSA) is 76.2 Å². The standard InChI is InChI=1S/C12H12N2O2/c13-10(12(15)16)7-9-4-1-3-8-5-2-6-14-11(8)9/h1-6,10H,7,13H2,(H,15,16). The van der Waals surface area contributed by atoms with Gasteiger partial charge in [-0.15, -0.1) is 0 Å². The van der Waals surface area contributed by atoms with Crippen molar-refractivity contribution in [3.8, 4) is 0 Å². The number of para-hydroxylation sites is 1. The van der Waals surface area contributed by atoms with Crippen LogP contribution >= 0.6 is 0 Å². The zero-order chi connectivity index (χ0) is 11.5. The Bertz CT molecular complexity index is 520. The van der Waals surface area contributed by atoms with E-state index in [1.807, 2.05) is 30.3 Å². The number of carbonyl (C=O) groups is 1. The molecule has 3 N–H and O–H groups in total. The smallest absolute Gasteiger partial charge is 0.320 e. The largest absolute Gasteiger partial charge is 0.480 e. The van der Waals surface area contributed by atoms with Gasteiger partial charge in [0.05, 0.1) is 5.52 Å². The lowest BCUT2D eigenvalue weighted by atomic mass is 10.0. The molecule has 2 rings (SSSR count). The van der Waals surface area contributed by atoms with E-state index in [4.69, 9.17) is 10.8 Å². The molecule has 0 fully saturated rings. The van der Waals surface area contributed by atoms with Crippen LogP contribution in [0.5, 0.6) is 0 Å². The Morgan fingerprint density at radius 3 is 2.88 bits per heavy atom. The number of nitrogens with zero attached hydrogens (tertiary/aromatic N) is 1. The van der Waals surface area contributed by atoms with Gasteiger partial charge in [-0.25, -0.2) is 0 Å². The zero-order valence-corrected chi connectivity index (χ0v) is 8.63. The summed E-state index contributed by atoms with van der Waals surface area (Å²) in [5.41, 5.74) is 7.20. The van der Waals surface area contributed by atoms with Crippen LogP contribution in [0.1, 0.15) is 5.56 Å². The molecule has 2 aromatic rings. The van der Waals surface area contributed by atoms with Crippen LogP contribution in [0, 0.1) is 0 Å². The second-order valence-corrected chi connectivity index (χ2v) is 3.64. The van der Waals surface area contributed by atoms with Crippen LogP contribution in [0.3, 0.4) is 0 Å². The van der Waals surface area contributed by atoms with E-state index in [9.17, 15) is 4.79 Å². The van der Waals surface area contributed by atoms with Crippen LogP contribution in [0.15, 0.2) is 36.5 Å². The first kappa shape index (κ1) is 10.6. The van der Waals surface area contributed by atoms with Gasteiger partial charge in [-0.05, 0) is 11.6 Å². The molecule has 1 unspecified atom stereocenters. The summed E-state index contributed by atoms with van der Waals surface area (Å²) in [6, 6.07) is 8.60. The van der Waals surface area contributed by atoms with Crippen molar-refractivity contribution in [2.75, 3.05) is 0 Å². The molecule has 4 heteroatoms. The number of carboxylic acids is 1. The number of hydrogen-bond acceptors (Lipinski definition) is 3. The van der Waals surface area contributed by atoms with Crippen molar-refractivity contribution in [2.45, 2.75) is 12.5 Å². The lowest BCUT2D eigenvalue weighted by Crippen LogP contribution is -2.32. The third-order valence-electron chi connectivity index (χ3n) is 2.47. The molecule has 0 saturated carbocycles. The van der Waals surface area contributed by atoms with E-state index in [-0.39, 0.29) is 0 Å². The van der Waals surface area contributed by atoms with Crippen LogP contribution in [0.25, 0.3) is 10.9 Å². The summed E-state index contributed by atoms with van der Waals surface area (Å²) < 4.78 is 0. The van der Waals surface area contributed by atoms with Crippen LogP contribution in [0.4, 0.5) is 0 Å². The lowest BCUT2D eigenvalue weighted by molar-refractivity contribution is -0.138. The number of carboxylic acid groups (broad SMARTS) is 1. The number of nitrogens with two attached hydrogens (primary N) is 1. The van der Waals surface area contributed by atoms with Crippen molar-refractivity contribution in [2.24, 2.45) is 5.73 Å². The van der Waals surface area contributed by atoms with Crippen LogP contribution < -0.4 is 5.73 Å². The summed E-state index contributed by atoms with van der Waals surface area (Å²) in [5.74, 6) is -0.993. The monoisotopic (exact) mass is 216 g/mol. The molecule has 0 spiro atoms. The summed E-state index contributed by atoms with van der Waals surface area (Å²) >= 11 is 0. The summed E-state index contributed by atoms with van der Waals surface area (Å²) in [6.45, 7) is 0. The minimum atomic E-state index is -0.993. The number of fused-ring (bicyclic) bond motifs is 1. The maximum Gasteiger partial charge on any atom is 0.320 e. The van der Waals surface area contributed by atoms with Gasteiger partial charge in [-0.3, -0.25) is 9.78 Å². The van der Waals surface area contributed by atoms with E-state index in [1.165, 1.54) is 0 Å². The molecule has 1 aromatic heterocycles. The first-order valence-corrected chi connectivity index (χ1v) is 4.99. The molecule has 82 valence electrons. The van der Waals surface area contributed by atoms with E-state index >= 15 is 0 Å². The molecule has 1 atom stereocenters.